The molecule has 664 valence electrons. The third-order valence-electron chi connectivity index (χ3n) is 18.9. The average molecular weight is 1880 g/mol. The van der Waals surface area contributed by atoms with Gasteiger partial charge in [0.05, 0.1) is 76.0 Å². The van der Waals surface area contributed by atoms with Crippen molar-refractivity contribution >= 4 is 166 Å². The lowest BCUT2D eigenvalue weighted by Crippen LogP contribution is -2.37. The van der Waals surface area contributed by atoms with Crippen molar-refractivity contribution < 1.29 is 103 Å². The van der Waals surface area contributed by atoms with Gasteiger partial charge in [0.25, 0.3) is 22.9 Å². The largest absolute Gasteiger partial charge is 0.780 e. The number of H-pyrrole nitrogens is 2. The van der Waals surface area contributed by atoms with Crippen LogP contribution in [0.1, 0.15) is 73.3 Å². The molecule has 0 aliphatic carbocycles. The smallest absolute Gasteiger partial charge is 0.280 e. The highest BCUT2D eigenvalue weighted by atomic mass is 32.5. The fourth-order valence-corrected chi connectivity index (χ4v) is 18.7. The molecule has 6 fully saturated rings. The van der Waals surface area contributed by atoms with Gasteiger partial charge >= 0.3 is 0 Å². The minimum absolute atomic E-state index is 0. The van der Waals surface area contributed by atoms with Crippen LogP contribution >= 0.6 is 26.9 Å². The standard InChI is InChI=1S/2C31H32FN13O11P2S2.4H3N/c2*1-13(2)26(46)40-31-39-25-20(28(48)41-31)37-12-45(25)29-21-17(32)15(53-29)8-51-58(50,60)56-22-18(42-43-33)16(9-52-57(49,59)55-21)54-30(22)44-11-36-19-23(34-10-35-24(19)44)38-27(47)14-6-4-3-5-7-14;;;;/h2*3-7,10-13,15-18,21-22,29-30H,8-9H2,1-2H3,(H,49,59)(H,50,60)(H,34,35,38,47)(H2,39,40,41,46,48);4*1H3/t2*15-,16-,17-,18-,21-,22-,29-,30-,57?,58?;;;;/m11..../s1. The molecule has 2 aromatic carbocycles. The molecule has 52 nitrogen and oxygen atoms in total. The van der Waals surface area contributed by atoms with Crippen molar-refractivity contribution in [2.24, 2.45) is 22.1 Å². The molecule has 20 atom stereocenters. The summed E-state index contributed by atoms with van der Waals surface area (Å²) in [6.07, 6.45) is -16.5. The quantitative estimate of drug-likeness (QED) is 0.0305. The molecule has 4 amide bonds. The van der Waals surface area contributed by atoms with Gasteiger partial charge in [-0.05, 0) is 35.3 Å². The first-order valence-corrected chi connectivity index (χ1v) is 45.7. The molecule has 6 aliphatic rings. The predicted molar refractivity (Wildman–Crippen MR) is 438 cm³/mol. The summed E-state index contributed by atoms with van der Waals surface area (Å²) in [6, 6.07) is 13.8. The van der Waals surface area contributed by atoms with E-state index in [0.29, 0.717) is 11.1 Å². The number of halogens is 2. The van der Waals surface area contributed by atoms with Crippen molar-refractivity contribution in [2.45, 2.75) is 126 Å². The molecule has 0 radical (unpaired) electrons. The molecule has 0 saturated carbocycles. The normalized spacial score (nSPS) is 29.8. The van der Waals surface area contributed by atoms with Crippen LogP contribution in [-0.2, 0) is 112 Å². The van der Waals surface area contributed by atoms with Crippen molar-refractivity contribution in [1.82, 2.24) is 103 Å². The van der Waals surface area contributed by atoms with E-state index in [1.807, 2.05) is 0 Å². The van der Waals surface area contributed by atoms with Crippen LogP contribution in [0.15, 0.2) is 118 Å². The van der Waals surface area contributed by atoms with Crippen LogP contribution in [0, 0.1) is 11.8 Å². The summed E-state index contributed by atoms with van der Waals surface area (Å²) in [5.74, 6) is -3.37. The molecule has 16 rings (SSSR count). The molecule has 6 saturated heterocycles. The Morgan fingerprint density at radius 1 is 0.468 bits per heavy atom. The molecular weight excluding hydrogens is 1810 g/mol. The maximum absolute atomic E-state index is 16.4. The second-order valence-electron chi connectivity index (χ2n) is 27.3. The zero-order chi connectivity index (χ0) is 85.0. The van der Waals surface area contributed by atoms with Gasteiger partial charge in [0.1, 0.15) is 76.2 Å². The average Bonchev–Trinajstić information content (AvgIpc) is 1.62. The maximum atomic E-state index is 16.4. The van der Waals surface area contributed by atoms with E-state index in [-0.39, 0.29) is 92.8 Å². The summed E-state index contributed by atoms with van der Waals surface area (Å²) < 4.78 is 107. The lowest BCUT2D eigenvalue weighted by Gasteiger charge is -2.35. The van der Waals surface area contributed by atoms with E-state index >= 15 is 8.78 Å². The minimum atomic E-state index is -4.73. The Bertz CT molecular complexity index is 5740. The third kappa shape index (κ3) is 20.0. The highest BCUT2D eigenvalue weighted by Crippen LogP contribution is 2.55. The van der Waals surface area contributed by atoms with E-state index in [0.717, 1.165) is 34.4 Å². The summed E-state index contributed by atoms with van der Waals surface area (Å²) in [6.45, 7) is -15.5. The SMILES string of the molecule is CC(C)C(=O)Nc1nc2c(ncn2[C@@H]2O[C@@H]3COP([O-])(=S)O[C@@H]4[C@H](N=[N+]=[N-])[C@@H](COP([O-])(=S)O[C@@H]2[C@@H]3F)O[C@H]4n2cnc3c(NC(=O)c4ccccc4)ncnc32)c(=O)[nH]1.CC(C)C(=O)Nc1nc2c(ncn2[C@@H]2O[C@@H]3COP([O-])(=S)O[C@@H]4[C@H](N=[N+]=[N-])[C@@H](COP([O-])(=S)O[C@@H]2[C@@H]3F)O[C@H]4n2cnc3c(NC(=O)c4ccccc4)ncnc32)c(=O)[nH]1.[NH4+].[NH4+].[NH4+].[NH4+]. The highest BCUT2D eigenvalue weighted by molar-refractivity contribution is 8.07. The number of aromatic amines is 2. The molecule has 8 bridgehead atoms. The van der Waals surface area contributed by atoms with Gasteiger partial charge in [0, 0.05) is 32.8 Å². The van der Waals surface area contributed by atoms with Gasteiger partial charge in [-0.1, -0.05) is 122 Å². The first-order chi connectivity index (χ1) is 57.2. The Labute approximate surface area is 714 Å². The van der Waals surface area contributed by atoms with Gasteiger partial charge in [-0.3, -0.25) is 67.6 Å². The molecule has 10 aromatic rings. The van der Waals surface area contributed by atoms with Gasteiger partial charge in [-0.25, -0.2) is 48.7 Å². The Kier molecular flexibility index (Phi) is 29.7. The number of hydrogen-bond donors (Lipinski definition) is 10. The summed E-state index contributed by atoms with van der Waals surface area (Å²) in [7, 11) is 0. The van der Waals surface area contributed by atoms with E-state index in [9.17, 15) is 59.4 Å². The molecule has 0 spiro atoms. The number of fused-ring (bicyclic) bond motifs is 12. The number of nitrogens with zero attached hydrogens (tertiary/aromatic N) is 20. The Morgan fingerprint density at radius 2 is 0.774 bits per heavy atom. The number of hydrogen-bond acceptors (Lipinski definition) is 38. The molecule has 14 heterocycles. The Hall–Kier alpha value is -9.60. The molecule has 22 N–H and O–H groups in total. The van der Waals surface area contributed by atoms with Gasteiger partial charge in [-0.15, -0.1) is 0 Å². The summed E-state index contributed by atoms with van der Waals surface area (Å²) in [4.78, 5) is 185. The van der Waals surface area contributed by atoms with Crippen molar-refractivity contribution in [2.75, 3.05) is 47.7 Å². The number of nitrogens with one attached hydrogen (secondary N) is 6. The topological polar surface area (TPSA) is 777 Å². The monoisotopic (exact) mass is 1880 g/mol. The number of alkyl halides is 2. The number of quaternary nitrogens is 4. The Balaban J connectivity index is 0.000000234. The number of anilines is 4. The number of rotatable bonds is 14. The first-order valence-electron chi connectivity index (χ1n) is 35.4. The van der Waals surface area contributed by atoms with Crippen LogP contribution in [0.2, 0.25) is 0 Å². The van der Waals surface area contributed by atoms with Crippen molar-refractivity contribution in [3.8, 4) is 0 Å². The number of aromatic nitrogens is 16. The van der Waals surface area contributed by atoms with E-state index in [1.165, 1.54) is 21.8 Å². The molecule has 6 aliphatic heterocycles. The van der Waals surface area contributed by atoms with Gasteiger partial charge in [0.15, 0.2) is 93.5 Å². The summed E-state index contributed by atoms with van der Waals surface area (Å²) in [5, 5.41) is 17.8. The number of amides is 4. The number of carbonyl (C=O) groups excluding carboxylic acids is 4. The molecule has 124 heavy (non-hydrogen) atoms. The third-order valence-corrected chi connectivity index (χ3v) is 25.0. The minimum Gasteiger partial charge on any atom is -0.780 e. The van der Waals surface area contributed by atoms with Crippen LogP contribution in [0.3, 0.4) is 0 Å². The molecule has 8 aromatic heterocycles. The van der Waals surface area contributed by atoms with Gasteiger partial charge in [-0.2, -0.15) is 9.97 Å². The van der Waals surface area contributed by atoms with E-state index in [4.69, 9.17) is 102 Å². The maximum Gasteiger partial charge on any atom is 0.280 e. The number of imidazole rings is 4. The number of ether oxygens (including phenoxy) is 4. The van der Waals surface area contributed by atoms with Crippen LogP contribution in [0.5, 0.6) is 0 Å². The van der Waals surface area contributed by atoms with E-state index in [2.05, 4.69) is 101 Å². The van der Waals surface area contributed by atoms with Gasteiger partial charge in [0.2, 0.25) is 23.7 Å². The number of azide groups is 2. The fraction of sp³-hybridized carbons (Fsp3) is 0.419. The van der Waals surface area contributed by atoms with E-state index < -0.39 is 198 Å². The lowest BCUT2D eigenvalue weighted by molar-refractivity contribution is -0.219. The fourth-order valence-electron chi connectivity index (χ4n) is 13.2. The van der Waals surface area contributed by atoms with Crippen LogP contribution in [-0.4, -0.2) is 201 Å². The summed E-state index contributed by atoms with van der Waals surface area (Å²) in [5.41, 5.74) is 17.8. The summed E-state index contributed by atoms with van der Waals surface area (Å²) >= 11 is 20.9. The van der Waals surface area contributed by atoms with E-state index in [1.54, 1.807) is 88.4 Å². The van der Waals surface area contributed by atoms with Crippen molar-refractivity contribution in [3.05, 3.63) is 151 Å². The lowest BCUT2D eigenvalue weighted by atomic mass is 10.1. The van der Waals surface area contributed by atoms with Crippen LogP contribution in [0.4, 0.5) is 32.3 Å². The highest BCUT2D eigenvalue weighted by Gasteiger charge is 2.55. The van der Waals surface area contributed by atoms with Crippen molar-refractivity contribution in [3.63, 3.8) is 0 Å². The zero-order valence-electron chi connectivity index (χ0n) is 65.6. The molecular formula is C62H76F2N30O22P4S4. The number of benzene rings is 2. The number of carbonyl (C=O) groups is 4. The van der Waals surface area contributed by atoms with Crippen LogP contribution < -0.4 is 76.6 Å². The second-order valence-corrected chi connectivity index (χ2v) is 38.1. The molecule has 62 heteroatoms. The van der Waals surface area contributed by atoms with Crippen molar-refractivity contribution in [1.29, 1.82) is 0 Å². The second kappa shape index (κ2) is 38.7. The zero-order valence-corrected chi connectivity index (χ0v) is 72.4. The van der Waals surface area contributed by atoms with Gasteiger partial charge < -0.3 is 110 Å². The Morgan fingerprint density at radius 3 is 1.11 bits per heavy atom. The predicted octanol–water partition coefficient (Wildman–Crippen LogP) is 4.71. The van der Waals surface area contributed by atoms with Crippen LogP contribution in [0.25, 0.3) is 65.5 Å². The molecule has 4 unspecified atom stereocenters. The first kappa shape index (κ1) is 95.1.